The lowest BCUT2D eigenvalue weighted by molar-refractivity contribution is 0.367. The van der Waals surface area contributed by atoms with Crippen LogP contribution in [0.15, 0.2) is 23.9 Å². The SMILES string of the molecule is CN/C=C1/C=CC(C)C1(C)C. The molecular weight excluding hydrogens is 134 g/mol. The maximum Gasteiger partial charge on any atom is 0.00278 e. The molecule has 0 aromatic carbocycles. The van der Waals surface area contributed by atoms with Crippen molar-refractivity contribution in [2.24, 2.45) is 11.3 Å². The van der Waals surface area contributed by atoms with E-state index in [2.05, 4.69) is 44.4 Å². The van der Waals surface area contributed by atoms with Crippen LogP contribution in [0.25, 0.3) is 0 Å². The summed E-state index contributed by atoms with van der Waals surface area (Å²) in [5.74, 6) is 0.655. The highest BCUT2D eigenvalue weighted by Gasteiger charge is 2.31. The molecule has 0 bridgehead atoms. The lowest BCUT2D eigenvalue weighted by Crippen LogP contribution is -2.18. The van der Waals surface area contributed by atoms with Crippen LogP contribution in [0.2, 0.25) is 0 Å². The molecule has 62 valence electrons. The zero-order valence-corrected chi connectivity index (χ0v) is 7.81. The molecule has 0 saturated heterocycles. The molecule has 0 aliphatic heterocycles. The highest BCUT2D eigenvalue weighted by molar-refractivity contribution is 5.33. The molecule has 0 amide bonds. The minimum absolute atomic E-state index is 0.309. The van der Waals surface area contributed by atoms with Gasteiger partial charge in [-0.25, -0.2) is 0 Å². The lowest BCUT2D eigenvalue weighted by Gasteiger charge is -2.25. The van der Waals surface area contributed by atoms with Crippen LogP contribution in [0, 0.1) is 11.3 Å². The summed E-state index contributed by atoms with van der Waals surface area (Å²) in [6, 6.07) is 0. The van der Waals surface area contributed by atoms with Gasteiger partial charge in [0, 0.05) is 7.05 Å². The van der Waals surface area contributed by atoms with Crippen LogP contribution in [0.4, 0.5) is 0 Å². The Morgan fingerprint density at radius 1 is 1.55 bits per heavy atom. The van der Waals surface area contributed by atoms with Crippen LogP contribution < -0.4 is 5.32 Å². The molecule has 1 aliphatic carbocycles. The molecule has 1 unspecified atom stereocenters. The number of allylic oxidation sites excluding steroid dienone is 3. The van der Waals surface area contributed by atoms with Crippen molar-refractivity contribution in [1.82, 2.24) is 5.32 Å². The fourth-order valence-electron chi connectivity index (χ4n) is 1.36. The van der Waals surface area contributed by atoms with Crippen LogP contribution in [0.1, 0.15) is 20.8 Å². The summed E-state index contributed by atoms with van der Waals surface area (Å²) < 4.78 is 0. The van der Waals surface area contributed by atoms with Gasteiger partial charge >= 0.3 is 0 Å². The average Bonchev–Trinajstić information content (AvgIpc) is 2.16. The highest BCUT2D eigenvalue weighted by atomic mass is 14.8. The highest BCUT2D eigenvalue weighted by Crippen LogP contribution is 2.41. The van der Waals surface area contributed by atoms with E-state index in [1.165, 1.54) is 5.57 Å². The summed E-state index contributed by atoms with van der Waals surface area (Å²) in [4.78, 5) is 0. The first-order chi connectivity index (χ1) is 5.09. The molecule has 0 saturated carbocycles. The second-order valence-corrected chi connectivity index (χ2v) is 3.76. The van der Waals surface area contributed by atoms with Gasteiger partial charge in [0.1, 0.15) is 0 Å². The minimum Gasteiger partial charge on any atom is -0.394 e. The topological polar surface area (TPSA) is 12.0 Å². The number of hydrogen-bond acceptors (Lipinski definition) is 1. The van der Waals surface area contributed by atoms with Gasteiger partial charge in [0.25, 0.3) is 0 Å². The van der Waals surface area contributed by atoms with Crippen molar-refractivity contribution >= 4 is 0 Å². The first-order valence-corrected chi connectivity index (χ1v) is 4.15. The van der Waals surface area contributed by atoms with Crippen molar-refractivity contribution < 1.29 is 0 Å². The summed E-state index contributed by atoms with van der Waals surface area (Å²) >= 11 is 0. The normalized spacial score (nSPS) is 31.3. The van der Waals surface area contributed by atoms with E-state index in [4.69, 9.17) is 0 Å². The maximum atomic E-state index is 3.07. The smallest absolute Gasteiger partial charge is 0.00278 e. The van der Waals surface area contributed by atoms with Gasteiger partial charge in [0.2, 0.25) is 0 Å². The summed E-state index contributed by atoms with van der Waals surface area (Å²) in [5.41, 5.74) is 1.70. The first-order valence-electron chi connectivity index (χ1n) is 4.15. The number of nitrogens with one attached hydrogen (secondary N) is 1. The second kappa shape index (κ2) is 2.72. The molecule has 11 heavy (non-hydrogen) atoms. The third-order valence-electron chi connectivity index (χ3n) is 2.75. The monoisotopic (exact) mass is 151 g/mol. The predicted octanol–water partition coefficient (Wildman–Crippen LogP) is 2.32. The Kier molecular flexibility index (Phi) is 2.08. The molecule has 1 N–H and O–H groups in total. The van der Waals surface area contributed by atoms with Gasteiger partial charge < -0.3 is 5.32 Å². The van der Waals surface area contributed by atoms with Crippen molar-refractivity contribution in [3.8, 4) is 0 Å². The van der Waals surface area contributed by atoms with E-state index in [9.17, 15) is 0 Å². The van der Waals surface area contributed by atoms with Gasteiger partial charge in [0.05, 0.1) is 0 Å². The summed E-state index contributed by atoms with van der Waals surface area (Å²) in [7, 11) is 1.94. The second-order valence-electron chi connectivity index (χ2n) is 3.76. The molecule has 0 fully saturated rings. The number of hydrogen-bond donors (Lipinski definition) is 1. The standard InChI is InChI=1S/C10H17N/c1-8-5-6-9(7-11-4)10(8,2)3/h5-8,11H,1-4H3/b9-7-. The van der Waals surface area contributed by atoms with E-state index >= 15 is 0 Å². The Bertz CT molecular complexity index is 199. The molecule has 1 nitrogen and oxygen atoms in total. The van der Waals surface area contributed by atoms with E-state index in [0.717, 1.165) is 0 Å². The van der Waals surface area contributed by atoms with Crippen LogP contribution in [0.3, 0.4) is 0 Å². The molecule has 0 aromatic rings. The van der Waals surface area contributed by atoms with Crippen molar-refractivity contribution in [1.29, 1.82) is 0 Å². The van der Waals surface area contributed by atoms with Crippen LogP contribution in [-0.4, -0.2) is 7.05 Å². The first kappa shape index (κ1) is 8.38. The molecule has 1 aliphatic rings. The summed E-state index contributed by atoms with van der Waals surface area (Å²) in [6.45, 7) is 6.81. The summed E-state index contributed by atoms with van der Waals surface area (Å²) in [5, 5.41) is 3.07. The van der Waals surface area contributed by atoms with E-state index < -0.39 is 0 Å². The van der Waals surface area contributed by atoms with E-state index in [1.54, 1.807) is 0 Å². The average molecular weight is 151 g/mol. The zero-order chi connectivity index (χ0) is 8.48. The Morgan fingerprint density at radius 3 is 2.55 bits per heavy atom. The Morgan fingerprint density at radius 2 is 2.18 bits per heavy atom. The predicted molar refractivity (Wildman–Crippen MR) is 49.2 cm³/mol. The van der Waals surface area contributed by atoms with Crippen molar-refractivity contribution in [2.45, 2.75) is 20.8 Å². The third-order valence-corrected chi connectivity index (χ3v) is 2.75. The fourth-order valence-corrected chi connectivity index (χ4v) is 1.36. The van der Waals surface area contributed by atoms with Crippen LogP contribution >= 0.6 is 0 Å². The molecule has 1 heteroatoms. The minimum atomic E-state index is 0.309. The maximum absolute atomic E-state index is 3.07. The Labute approximate surface area is 69.2 Å². The summed E-state index contributed by atoms with van der Waals surface area (Å²) in [6.07, 6.45) is 6.56. The Hall–Kier alpha value is -0.720. The largest absolute Gasteiger partial charge is 0.394 e. The quantitative estimate of drug-likeness (QED) is 0.606. The van der Waals surface area contributed by atoms with E-state index in [-0.39, 0.29) is 0 Å². The molecule has 0 radical (unpaired) electrons. The van der Waals surface area contributed by atoms with Gasteiger partial charge in [0.15, 0.2) is 0 Å². The molecule has 0 spiro atoms. The molecule has 1 rings (SSSR count). The van der Waals surface area contributed by atoms with Crippen molar-refractivity contribution in [2.75, 3.05) is 7.05 Å². The van der Waals surface area contributed by atoms with Gasteiger partial charge in [-0.1, -0.05) is 32.9 Å². The van der Waals surface area contributed by atoms with Gasteiger partial charge in [-0.3, -0.25) is 0 Å². The van der Waals surface area contributed by atoms with Gasteiger partial charge in [-0.2, -0.15) is 0 Å². The molecule has 0 aromatic heterocycles. The van der Waals surface area contributed by atoms with Crippen LogP contribution in [0.5, 0.6) is 0 Å². The lowest BCUT2D eigenvalue weighted by atomic mass is 9.79. The molecule has 0 heterocycles. The zero-order valence-electron chi connectivity index (χ0n) is 7.81. The van der Waals surface area contributed by atoms with E-state index in [0.29, 0.717) is 11.3 Å². The van der Waals surface area contributed by atoms with Crippen molar-refractivity contribution in [3.63, 3.8) is 0 Å². The molecular formula is C10H17N. The van der Waals surface area contributed by atoms with Gasteiger partial charge in [-0.05, 0) is 23.1 Å². The number of rotatable bonds is 1. The fraction of sp³-hybridized carbons (Fsp3) is 0.600. The van der Waals surface area contributed by atoms with Crippen LogP contribution in [-0.2, 0) is 0 Å². The van der Waals surface area contributed by atoms with Gasteiger partial charge in [-0.15, -0.1) is 0 Å². The van der Waals surface area contributed by atoms with E-state index in [1.807, 2.05) is 7.05 Å². The molecule has 1 atom stereocenters. The Balaban J connectivity index is 2.86. The van der Waals surface area contributed by atoms with Crippen molar-refractivity contribution in [3.05, 3.63) is 23.9 Å². The third kappa shape index (κ3) is 1.32.